The van der Waals surface area contributed by atoms with Crippen molar-refractivity contribution >= 4 is 0 Å². The summed E-state index contributed by atoms with van der Waals surface area (Å²) in [7, 11) is 2.35. The SMILES string of the molecule is CCNC(CC1CCC1)C1CC2CCC(C1)N2C. The maximum Gasteiger partial charge on any atom is 0.00990 e. The van der Waals surface area contributed by atoms with Gasteiger partial charge in [0.25, 0.3) is 0 Å². The van der Waals surface area contributed by atoms with Crippen molar-refractivity contribution in [2.24, 2.45) is 11.8 Å². The summed E-state index contributed by atoms with van der Waals surface area (Å²) >= 11 is 0. The Morgan fingerprint density at radius 2 is 1.78 bits per heavy atom. The Balaban J connectivity index is 1.59. The van der Waals surface area contributed by atoms with Gasteiger partial charge in [0.1, 0.15) is 0 Å². The maximum absolute atomic E-state index is 3.82. The van der Waals surface area contributed by atoms with Crippen LogP contribution in [0, 0.1) is 11.8 Å². The first kappa shape index (κ1) is 12.9. The molecule has 3 atom stereocenters. The first-order valence-electron chi connectivity index (χ1n) is 8.23. The molecule has 1 aliphatic carbocycles. The number of nitrogens with one attached hydrogen (secondary N) is 1. The number of hydrogen-bond acceptors (Lipinski definition) is 2. The molecule has 0 aromatic rings. The van der Waals surface area contributed by atoms with Gasteiger partial charge in [-0.2, -0.15) is 0 Å². The normalized spacial score (nSPS) is 38.7. The molecular formula is C16H30N2. The van der Waals surface area contributed by atoms with Gasteiger partial charge in [0.05, 0.1) is 0 Å². The molecule has 3 aliphatic rings. The molecule has 2 aliphatic heterocycles. The quantitative estimate of drug-likeness (QED) is 0.807. The molecule has 0 aromatic carbocycles. The zero-order valence-corrected chi connectivity index (χ0v) is 12.2. The van der Waals surface area contributed by atoms with Crippen LogP contribution in [0.15, 0.2) is 0 Å². The lowest BCUT2D eigenvalue weighted by molar-refractivity contribution is 0.0992. The van der Waals surface area contributed by atoms with Gasteiger partial charge in [-0.25, -0.2) is 0 Å². The third-order valence-electron chi connectivity index (χ3n) is 5.98. The van der Waals surface area contributed by atoms with E-state index in [0.29, 0.717) is 0 Å². The van der Waals surface area contributed by atoms with Crippen molar-refractivity contribution in [3.05, 3.63) is 0 Å². The van der Waals surface area contributed by atoms with Crippen molar-refractivity contribution < 1.29 is 0 Å². The number of piperidine rings is 1. The molecule has 3 rings (SSSR count). The Bertz CT molecular complexity index is 260. The number of hydrogen-bond donors (Lipinski definition) is 1. The molecule has 2 heteroatoms. The van der Waals surface area contributed by atoms with Crippen molar-refractivity contribution in [2.45, 2.75) is 76.4 Å². The third-order valence-corrected chi connectivity index (χ3v) is 5.98. The molecule has 3 unspecified atom stereocenters. The lowest BCUT2D eigenvalue weighted by Crippen LogP contribution is -2.48. The second kappa shape index (κ2) is 5.50. The highest BCUT2D eigenvalue weighted by atomic mass is 15.2. The highest BCUT2D eigenvalue weighted by molar-refractivity contribution is 4.97. The van der Waals surface area contributed by atoms with Gasteiger partial charge in [0.15, 0.2) is 0 Å². The molecule has 2 heterocycles. The Kier molecular flexibility index (Phi) is 3.95. The van der Waals surface area contributed by atoms with Gasteiger partial charge in [-0.05, 0) is 57.5 Å². The maximum atomic E-state index is 3.82. The van der Waals surface area contributed by atoms with Crippen LogP contribution in [-0.2, 0) is 0 Å². The van der Waals surface area contributed by atoms with Crippen LogP contribution in [0.4, 0.5) is 0 Å². The van der Waals surface area contributed by atoms with Crippen molar-refractivity contribution in [1.29, 1.82) is 0 Å². The van der Waals surface area contributed by atoms with E-state index in [1.165, 1.54) is 51.4 Å². The van der Waals surface area contributed by atoms with E-state index in [9.17, 15) is 0 Å². The predicted octanol–water partition coefficient (Wildman–Crippen LogP) is 3.03. The van der Waals surface area contributed by atoms with Gasteiger partial charge >= 0.3 is 0 Å². The first-order valence-corrected chi connectivity index (χ1v) is 8.23. The van der Waals surface area contributed by atoms with E-state index in [1.807, 2.05) is 0 Å². The van der Waals surface area contributed by atoms with Crippen LogP contribution in [0.1, 0.15) is 58.3 Å². The number of fused-ring (bicyclic) bond motifs is 2. The molecule has 0 amide bonds. The molecule has 0 spiro atoms. The topological polar surface area (TPSA) is 15.3 Å². The minimum atomic E-state index is 0.817. The van der Waals surface area contributed by atoms with E-state index in [-0.39, 0.29) is 0 Å². The van der Waals surface area contributed by atoms with E-state index in [0.717, 1.165) is 36.5 Å². The summed E-state index contributed by atoms with van der Waals surface area (Å²) in [5.41, 5.74) is 0. The fourth-order valence-corrected chi connectivity index (χ4v) is 4.57. The van der Waals surface area contributed by atoms with Gasteiger partial charge in [-0.1, -0.05) is 26.2 Å². The lowest BCUT2D eigenvalue weighted by Gasteiger charge is -2.42. The predicted molar refractivity (Wildman–Crippen MR) is 76.7 cm³/mol. The van der Waals surface area contributed by atoms with Crippen molar-refractivity contribution in [3.8, 4) is 0 Å². The standard InChI is InChI=1S/C16H30N2/c1-3-17-16(9-12-5-4-6-12)13-10-14-7-8-15(11-13)18(14)2/h12-17H,3-11H2,1-2H3. The van der Waals surface area contributed by atoms with Crippen LogP contribution in [0.5, 0.6) is 0 Å². The summed E-state index contributed by atoms with van der Waals surface area (Å²) in [6, 6.07) is 2.62. The summed E-state index contributed by atoms with van der Waals surface area (Å²) in [6.07, 6.45) is 11.8. The Morgan fingerprint density at radius 1 is 1.11 bits per heavy atom. The minimum Gasteiger partial charge on any atom is -0.314 e. The molecule has 2 nitrogen and oxygen atoms in total. The van der Waals surface area contributed by atoms with E-state index in [2.05, 4.69) is 24.2 Å². The molecular weight excluding hydrogens is 220 g/mol. The molecule has 104 valence electrons. The Morgan fingerprint density at radius 3 is 2.28 bits per heavy atom. The molecule has 3 fully saturated rings. The van der Waals surface area contributed by atoms with Gasteiger partial charge in [0, 0.05) is 18.1 Å². The fourth-order valence-electron chi connectivity index (χ4n) is 4.57. The third kappa shape index (κ3) is 2.46. The first-order chi connectivity index (χ1) is 8.78. The van der Waals surface area contributed by atoms with Crippen LogP contribution in [0.2, 0.25) is 0 Å². The van der Waals surface area contributed by atoms with Gasteiger partial charge in [-0.3, -0.25) is 0 Å². The molecule has 18 heavy (non-hydrogen) atoms. The van der Waals surface area contributed by atoms with Crippen LogP contribution < -0.4 is 5.32 Å². The van der Waals surface area contributed by atoms with Crippen molar-refractivity contribution in [2.75, 3.05) is 13.6 Å². The molecule has 2 bridgehead atoms. The summed E-state index contributed by atoms with van der Waals surface area (Å²) < 4.78 is 0. The van der Waals surface area contributed by atoms with Crippen molar-refractivity contribution in [1.82, 2.24) is 10.2 Å². The van der Waals surface area contributed by atoms with E-state index >= 15 is 0 Å². The zero-order valence-electron chi connectivity index (χ0n) is 12.2. The van der Waals surface area contributed by atoms with E-state index < -0.39 is 0 Å². The van der Waals surface area contributed by atoms with E-state index in [4.69, 9.17) is 0 Å². The van der Waals surface area contributed by atoms with Crippen LogP contribution >= 0.6 is 0 Å². The van der Waals surface area contributed by atoms with E-state index in [1.54, 1.807) is 0 Å². The smallest absolute Gasteiger partial charge is 0.00990 e. The summed E-state index contributed by atoms with van der Waals surface area (Å²) in [6.45, 7) is 3.43. The average Bonchev–Trinajstić information content (AvgIpc) is 2.54. The van der Waals surface area contributed by atoms with Gasteiger partial charge in [0.2, 0.25) is 0 Å². The van der Waals surface area contributed by atoms with Gasteiger partial charge in [-0.15, -0.1) is 0 Å². The fraction of sp³-hybridized carbons (Fsp3) is 1.00. The minimum absolute atomic E-state index is 0.817. The molecule has 1 saturated carbocycles. The second-order valence-corrected chi connectivity index (χ2v) is 6.98. The summed E-state index contributed by atoms with van der Waals surface area (Å²) in [5, 5.41) is 3.82. The van der Waals surface area contributed by atoms with Crippen LogP contribution in [0.25, 0.3) is 0 Å². The van der Waals surface area contributed by atoms with Crippen LogP contribution in [-0.4, -0.2) is 36.6 Å². The van der Waals surface area contributed by atoms with Gasteiger partial charge < -0.3 is 10.2 Å². The number of rotatable bonds is 5. The highest BCUT2D eigenvalue weighted by Crippen LogP contribution is 2.41. The molecule has 2 saturated heterocycles. The Hall–Kier alpha value is -0.0800. The monoisotopic (exact) mass is 250 g/mol. The summed E-state index contributed by atoms with van der Waals surface area (Å²) in [5.74, 6) is 2.01. The zero-order chi connectivity index (χ0) is 12.5. The largest absolute Gasteiger partial charge is 0.314 e. The van der Waals surface area contributed by atoms with Crippen molar-refractivity contribution in [3.63, 3.8) is 0 Å². The van der Waals surface area contributed by atoms with Crippen LogP contribution in [0.3, 0.4) is 0 Å². The average molecular weight is 250 g/mol. The molecule has 0 aromatic heterocycles. The summed E-state index contributed by atoms with van der Waals surface area (Å²) in [4.78, 5) is 2.67. The lowest BCUT2D eigenvalue weighted by atomic mass is 9.75. The molecule has 1 N–H and O–H groups in total. The number of nitrogens with zero attached hydrogens (tertiary/aromatic N) is 1. The molecule has 0 radical (unpaired) electrons. The second-order valence-electron chi connectivity index (χ2n) is 6.98. The highest BCUT2D eigenvalue weighted by Gasteiger charge is 2.41. The Labute approximate surface area is 113 Å².